The normalized spacial score (nSPS) is 26.1. The number of rotatable bonds is 5. The Morgan fingerprint density at radius 2 is 2.04 bits per heavy atom. The van der Waals surface area contributed by atoms with Crippen molar-refractivity contribution >= 4 is 12.0 Å². The zero-order chi connectivity index (χ0) is 17.9. The third-order valence-electron chi connectivity index (χ3n) is 5.27. The monoisotopic (exact) mass is 360 g/mol. The van der Waals surface area contributed by atoms with Crippen molar-refractivity contribution in [3.05, 3.63) is 30.1 Å². The number of amides is 2. The molecule has 2 atom stereocenters. The first-order valence-corrected chi connectivity index (χ1v) is 9.20. The van der Waals surface area contributed by atoms with Gasteiger partial charge in [0.1, 0.15) is 11.8 Å². The first-order valence-electron chi connectivity index (χ1n) is 9.20. The molecule has 26 heavy (non-hydrogen) atoms. The van der Waals surface area contributed by atoms with Crippen molar-refractivity contribution in [1.29, 1.82) is 0 Å². The lowest BCUT2D eigenvalue weighted by Gasteiger charge is -2.28. The topological polar surface area (TPSA) is 75.2 Å². The van der Waals surface area contributed by atoms with E-state index >= 15 is 0 Å². The molecule has 0 N–H and O–H groups in total. The van der Waals surface area contributed by atoms with Crippen LogP contribution in [-0.2, 0) is 9.47 Å². The van der Waals surface area contributed by atoms with Crippen LogP contribution in [0.1, 0.15) is 16.9 Å². The van der Waals surface area contributed by atoms with Crippen molar-refractivity contribution in [3.8, 4) is 0 Å². The van der Waals surface area contributed by atoms with E-state index in [4.69, 9.17) is 9.47 Å². The predicted octanol–water partition coefficient (Wildman–Crippen LogP) is 0.449. The Kier molecular flexibility index (Phi) is 5.03. The second kappa shape index (κ2) is 7.59. The quantitative estimate of drug-likeness (QED) is 0.759. The van der Waals surface area contributed by atoms with Gasteiger partial charge >= 0.3 is 6.09 Å². The molecule has 0 unspecified atom stereocenters. The number of carbonyl (C=O) groups excluding carboxylic acids is 2. The molecule has 8 heteroatoms. The molecule has 8 nitrogen and oxygen atoms in total. The highest BCUT2D eigenvalue weighted by molar-refractivity contribution is 5.92. The Morgan fingerprint density at radius 1 is 1.19 bits per heavy atom. The van der Waals surface area contributed by atoms with Gasteiger partial charge < -0.3 is 14.4 Å². The molecule has 4 heterocycles. The number of hydrogen-bond acceptors (Lipinski definition) is 6. The number of morpholine rings is 1. The fourth-order valence-corrected chi connectivity index (χ4v) is 3.87. The summed E-state index contributed by atoms with van der Waals surface area (Å²) in [5.41, 5.74) is 0.428. The number of aromatic nitrogens is 1. The molecular weight excluding hydrogens is 336 g/mol. The summed E-state index contributed by atoms with van der Waals surface area (Å²) in [6.07, 6.45) is 2.01. The number of ether oxygens (including phenoxy) is 2. The summed E-state index contributed by atoms with van der Waals surface area (Å²) in [6, 6.07) is 5.24. The maximum Gasteiger partial charge on any atom is 0.410 e. The third kappa shape index (κ3) is 3.52. The van der Waals surface area contributed by atoms with Crippen LogP contribution in [0.15, 0.2) is 24.4 Å². The summed E-state index contributed by atoms with van der Waals surface area (Å²) in [7, 11) is 0. The molecule has 0 aliphatic carbocycles. The zero-order valence-corrected chi connectivity index (χ0v) is 14.7. The number of carbonyl (C=O) groups is 2. The summed E-state index contributed by atoms with van der Waals surface area (Å²) >= 11 is 0. The van der Waals surface area contributed by atoms with E-state index in [0.717, 1.165) is 39.3 Å². The van der Waals surface area contributed by atoms with E-state index in [1.807, 2.05) is 0 Å². The molecule has 3 aliphatic rings. The van der Waals surface area contributed by atoms with Crippen molar-refractivity contribution in [3.63, 3.8) is 0 Å². The lowest BCUT2D eigenvalue weighted by Crippen LogP contribution is -2.42. The number of nitrogens with zero attached hydrogens (tertiary/aromatic N) is 4. The molecule has 1 aromatic rings. The summed E-state index contributed by atoms with van der Waals surface area (Å²) in [4.78, 5) is 34.7. The van der Waals surface area contributed by atoms with Gasteiger partial charge in [-0.05, 0) is 18.6 Å². The first-order chi connectivity index (χ1) is 12.7. The molecule has 3 aliphatic heterocycles. The standard InChI is InChI=1S/C18H24N4O4/c23-17(14-4-1-2-5-19-14)21-12-15-16(13-21)26-18(24)22(15)7-3-6-20-8-10-25-11-9-20/h1-2,4-5,15-16H,3,6-13H2/t15-,16+/m1/s1. The van der Waals surface area contributed by atoms with Crippen LogP contribution >= 0.6 is 0 Å². The molecule has 1 aromatic heterocycles. The summed E-state index contributed by atoms with van der Waals surface area (Å²) in [5.74, 6) is -0.107. The number of likely N-dealkylation sites (tertiary alicyclic amines) is 1. The van der Waals surface area contributed by atoms with E-state index in [2.05, 4.69) is 9.88 Å². The highest BCUT2D eigenvalue weighted by Crippen LogP contribution is 2.27. The molecule has 0 bridgehead atoms. The Balaban J connectivity index is 1.32. The van der Waals surface area contributed by atoms with Gasteiger partial charge in [0, 0.05) is 38.9 Å². The fourth-order valence-electron chi connectivity index (χ4n) is 3.87. The van der Waals surface area contributed by atoms with Crippen LogP contribution in [0.4, 0.5) is 4.79 Å². The number of pyridine rings is 1. The van der Waals surface area contributed by atoms with Gasteiger partial charge in [-0.25, -0.2) is 4.79 Å². The van der Waals surface area contributed by atoms with Crippen molar-refractivity contribution in [1.82, 2.24) is 19.7 Å². The van der Waals surface area contributed by atoms with Gasteiger partial charge in [0.05, 0.1) is 25.8 Å². The van der Waals surface area contributed by atoms with Crippen LogP contribution < -0.4 is 0 Å². The van der Waals surface area contributed by atoms with Crippen LogP contribution in [0.5, 0.6) is 0 Å². The van der Waals surface area contributed by atoms with Crippen LogP contribution in [-0.4, -0.2) is 96.3 Å². The average Bonchev–Trinajstić information content (AvgIpc) is 3.21. The van der Waals surface area contributed by atoms with E-state index in [9.17, 15) is 9.59 Å². The Labute approximate surface area is 152 Å². The van der Waals surface area contributed by atoms with Crippen LogP contribution in [0, 0.1) is 0 Å². The summed E-state index contributed by atoms with van der Waals surface area (Å²) in [5, 5.41) is 0. The molecule has 0 aromatic carbocycles. The molecule has 0 saturated carbocycles. The highest BCUT2D eigenvalue weighted by atomic mass is 16.6. The van der Waals surface area contributed by atoms with Gasteiger partial charge in [-0.1, -0.05) is 6.07 Å². The zero-order valence-electron chi connectivity index (χ0n) is 14.7. The van der Waals surface area contributed by atoms with E-state index < -0.39 is 0 Å². The molecule has 3 saturated heterocycles. The molecule has 0 radical (unpaired) electrons. The Hall–Kier alpha value is -2.19. The van der Waals surface area contributed by atoms with E-state index in [1.54, 1.807) is 34.2 Å². The molecule has 0 spiro atoms. The SMILES string of the molecule is O=C(c1ccccn1)N1C[C@@H]2OC(=O)N(CCCN3CCOCC3)[C@@H]2C1. The summed E-state index contributed by atoms with van der Waals surface area (Å²) < 4.78 is 10.9. The van der Waals surface area contributed by atoms with Gasteiger partial charge in [0.25, 0.3) is 5.91 Å². The fraction of sp³-hybridized carbons (Fsp3) is 0.611. The Morgan fingerprint density at radius 3 is 2.81 bits per heavy atom. The van der Waals surface area contributed by atoms with E-state index in [1.165, 1.54) is 0 Å². The maximum absolute atomic E-state index is 12.6. The lowest BCUT2D eigenvalue weighted by molar-refractivity contribution is 0.0362. The summed E-state index contributed by atoms with van der Waals surface area (Å²) in [6.45, 7) is 5.99. The van der Waals surface area contributed by atoms with Crippen molar-refractivity contribution < 1.29 is 19.1 Å². The average molecular weight is 360 g/mol. The first kappa shape index (κ1) is 17.2. The molecule has 140 valence electrons. The minimum Gasteiger partial charge on any atom is -0.442 e. The largest absolute Gasteiger partial charge is 0.442 e. The van der Waals surface area contributed by atoms with E-state index in [-0.39, 0.29) is 24.1 Å². The maximum atomic E-state index is 12.6. The highest BCUT2D eigenvalue weighted by Gasteiger charge is 2.48. The van der Waals surface area contributed by atoms with Crippen LogP contribution in [0.2, 0.25) is 0 Å². The lowest BCUT2D eigenvalue weighted by atomic mass is 10.2. The number of fused-ring (bicyclic) bond motifs is 1. The predicted molar refractivity (Wildman–Crippen MR) is 92.8 cm³/mol. The van der Waals surface area contributed by atoms with Gasteiger partial charge in [0.2, 0.25) is 0 Å². The smallest absolute Gasteiger partial charge is 0.410 e. The van der Waals surface area contributed by atoms with Crippen LogP contribution in [0.25, 0.3) is 0 Å². The molecular formula is C18H24N4O4. The minimum atomic E-state index is -0.257. The number of hydrogen-bond donors (Lipinski definition) is 0. The Bertz CT molecular complexity index is 650. The minimum absolute atomic E-state index is 0.0557. The van der Waals surface area contributed by atoms with Gasteiger partial charge in [-0.3, -0.25) is 19.6 Å². The van der Waals surface area contributed by atoms with Gasteiger partial charge in [0.15, 0.2) is 0 Å². The van der Waals surface area contributed by atoms with Gasteiger partial charge in [-0.2, -0.15) is 0 Å². The molecule has 2 amide bonds. The molecule has 3 fully saturated rings. The van der Waals surface area contributed by atoms with Gasteiger partial charge in [-0.15, -0.1) is 0 Å². The third-order valence-corrected chi connectivity index (χ3v) is 5.27. The van der Waals surface area contributed by atoms with Crippen molar-refractivity contribution in [2.45, 2.75) is 18.6 Å². The second-order valence-corrected chi connectivity index (χ2v) is 6.92. The van der Waals surface area contributed by atoms with Crippen molar-refractivity contribution in [2.75, 3.05) is 52.5 Å². The molecule has 4 rings (SSSR count). The van der Waals surface area contributed by atoms with Crippen molar-refractivity contribution in [2.24, 2.45) is 0 Å². The second-order valence-electron chi connectivity index (χ2n) is 6.92. The van der Waals surface area contributed by atoms with Crippen LogP contribution in [0.3, 0.4) is 0 Å². The van der Waals surface area contributed by atoms with E-state index in [0.29, 0.717) is 25.3 Å².